The average Bonchev–Trinajstić information content (AvgIpc) is 3.33. The molecule has 1 aliphatic rings. The van der Waals surface area contributed by atoms with Crippen molar-refractivity contribution in [1.82, 2.24) is 25.4 Å². The summed E-state index contributed by atoms with van der Waals surface area (Å²) in [5.74, 6) is 1.11. The molecule has 1 aliphatic heterocycles. The average molecular weight is 367 g/mol. The second-order valence-corrected chi connectivity index (χ2v) is 7.19. The number of anilines is 2. The standard InChI is InChI=1S/C18H21N7O2/c1-10(2)7-14-19-18(24-22-14)20-17(27)11-8-15(26)25(9-11)16-12-5-3-4-6-13(12)21-23-16/h3-6,10-11H,7-9H2,1-2H3,(H,21,23)(H2,19,20,22,24,27). The van der Waals surface area contributed by atoms with Crippen LogP contribution in [0.5, 0.6) is 0 Å². The number of carbonyl (C=O) groups is 2. The van der Waals surface area contributed by atoms with Crippen LogP contribution in [-0.4, -0.2) is 43.7 Å². The number of H-pyrrole nitrogens is 2. The van der Waals surface area contributed by atoms with Crippen molar-refractivity contribution in [1.29, 1.82) is 0 Å². The minimum atomic E-state index is -0.472. The fraction of sp³-hybridized carbons (Fsp3) is 0.389. The molecule has 1 unspecified atom stereocenters. The molecule has 1 atom stereocenters. The molecule has 2 aromatic heterocycles. The maximum absolute atomic E-state index is 12.6. The summed E-state index contributed by atoms with van der Waals surface area (Å²) in [4.78, 5) is 30.9. The first-order chi connectivity index (χ1) is 13.0. The number of benzene rings is 1. The van der Waals surface area contributed by atoms with Crippen LogP contribution in [0.25, 0.3) is 10.9 Å². The van der Waals surface area contributed by atoms with E-state index in [0.717, 1.165) is 23.1 Å². The summed E-state index contributed by atoms with van der Waals surface area (Å²) in [6, 6.07) is 7.59. The van der Waals surface area contributed by atoms with Crippen molar-refractivity contribution in [2.75, 3.05) is 16.8 Å². The number of rotatable bonds is 5. The molecule has 2 amide bonds. The Balaban J connectivity index is 1.45. The fourth-order valence-electron chi connectivity index (χ4n) is 3.28. The summed E-state index contributed by atoms with van der Waals surface area (Å²) >= 11 is 0. The van der Waals surface area contributed by atoms with Crippen molar-refractivity contribution in [3.05, 3.63) is 30.1 Å². The van der Waals surface area contributed by atoms with E-state index in [1.165, 1.54) is 0 Å². The molecule has 1 saturated heterocycles. The third kappa shape index (κ3) is 3.40. The van der Waals surface area contributed by atoms with Gasteiger partial charge in [0, 0.05) is 24.8 Å². The molecule has 140 valence electrons. The fourth-order valence-corrected chi connectivity index (χ4v) is 3.28. The molecule has 0 radical (unpaired) electrons. The van der Waals surface area contributed by atoms with Gasteiger partial charge in [0.25, 0.3) is 0 Å². The highest BCUT2D eigenvalue weighted by atomic mass is 16.2. The first kappa shape index (κ1) is 17.2. The van der Waals surface area contributed by atoms with Crippen molar-refractivity contribution in [3.63, 3.8) is 0 Å². The Bertz CT molecular complexity index is 990. The van der Waals surface area contributed by atoms with Crippen LogP contribution in [0.4, 0.5) is 11.8 Å². The number of para-hydroxylation sites is 1. The van der Waals surface area contributed by atoms with E-state index in [-0.39, 0.29) is 30.7 Å². The van der Waals surface area contributed by atoms with E-state index >= 15 is 0 Å². The predicted molar refractivity (Wildman–Crippen MR) is 100 cm³/mol. The Morgan fingerprint density at radius 1 is 1.30 bits per heavy atom. The largest absolute Gasteiger partial charge is 0.294 e. The van der Waals surface area contributed by atoms with Gasteiger partial charge in [-0.25, -0.2) is 0 Å². The second-order valence-electron chi connectivity index (χ2n) is 7.19. The SMILES string of the molecule is CC(C)Cc1nc(NC(=O)C2CC(=O)N(c3n[nH]c4ccccc34)C2)n[nH]1. The molecule has 0 aliphatic carbocycles. The molecule has 27 heavy (non-hydrogen) atoms. The number of hydrogen-bond donors (Lipinski definition) is 3. The Hall–Kier alpha value is -3.23. The van der Waals surface area contributed by atoms with E-state index in [2.05, 4.69) is 44.5 Å². The molecule has 0 bridgehead atoms. The van der Waals surface area contributed by atoms with Gasteiger partial charge in [-0.3, -0.25) is 30.0 Å². The highest BCUT2D eigenvalue weighted by molar-refractivity contribution is 6.06. The molecular weight excluding hydrogens is 346 g/mol. The van der Waals surface area contributed by atoms with Gasteiger partial charge in [0.05, 0.1) is 11.4 Å². The van der Waals surface area contributed by atoms with E-state index < -0.39 is 5.92 Å². The summed E-state index contributed by atoms with van der Waals surface area (Å²) < 4.78 is 0. The smallest absolute Gasteiger partial charge is 0.248 e. The predicted octanol–water partition coefficient (Wildman–Crippen LogP) is 1.87. The van der Waals surface area contributed by atoms with Crippen LogP contribution in [0.3, 0.4) is 0 Å². The van der Waals surface area contributed by atoms with Gasteiger partial charge in [0.1, 0.15) is 5.82 Å². The molecule has 4 rings (SSSR count). The molecule has 9 nitrogen and oxygen atoms in total. The summed E-state index contributed by atoms with van der Waals surface area (Å²) in [6.07, 6.45) is 0.890. The second kappa shape index (κ2) is 6.82. The zero-order valence-corrected chi connectivity index (χ0v) is 15.2. The van der Waals surface area contributed by atoms with E-state index in [1.54, 1.807) is 4.90 Å². The van der Waals surface area contributed by atoms with Crippen molar-refractivity contribution in [2.45, 2.75) is 26.7 Å². The molecule has 3 N–H and O–H groups in total. The van der Waals surface area contributed by atoms with Crippen molar-refractivity contribution < 1.29 is 9.59 Å². The third-order valence-electron chi connectivity index (χ3n) is 4.57. The highest BCUT2D eigenvalue weighted by Gasteiger charge is 2.37. The molecular formula is C18H21N7O2. The van der Waals surface area contributed by atoms with Gasteiger partial charge in [-0.2, -0.15) is 10.1 Å². The Labute approximate surface area is 155 Å². The molecule has 0 saturated carbocycles. The van der Waals surface area contributed by atoms with Gasteiger partial charge in [-0.05, 0) is 18.1 Å². The van der Waals surface area contributed by atoms with Gasteiger partial charge in [-0.1, -0.05) is 26.0 Å². The number of amides is 2. The lowest BCUT2D eigenvalue weighted by Crippen LogP contribution is -2.28. The zero-order valence-electron chi connectivity index (χ0n) is 15.2. The number of fused-ring (bicyclic) bond motifs is 1. The van der Waals surface area contributed by atoms with Crippen LogP contribution >= 0.6 is 0 Å². The molecule has 9 heteroatoms. The van der Waals surface area contributed by atoms with Gasteiger partial charge >= 0.3 is 0 Å². The van der Waals surface area contributed by atoms with Crippen LogP contribution in [0.2, 0.25) is 0 Å². The quantitative estimate of drug-likeness (QED) is 0.636. The highest BCUT2D eigenvalue weighted by Crippen LogP contribution is 2.29. The molecule has 1 fully saturated rings. The Morgan fingerprint density at radius 3 is 2.93 bits per heavy atom. The van der Waals surface area contributed by atoms with Crippen LogP contribution in [0.15, 0.2) is 24.3 Å². The zero-order chi connectivity index (χ0) is 19.0. The van der Waals surface area contributed by atoms with Crippen LogP contribution in [0.1, 0.15) is 26.1 Å². The van der Waals surface area contributed by atoms with Gasteiger partial charge in [-0.15, -0.1) is 5.10 Å². The first-order valence-electron chi connectivity index (χ1n) is 8.97. The first-order valence-corrected chi connectivity index (χ1v) is 8.97. The lowest BCUT2D eigenvalue weighted by Gasteiger charge is -2.13. The lowest BCUT2D eigenvalue weighted by molar-refractivity contribution is -0.122. The van der Waals surface area contributed by atoms with E-state index in [0.29, 0.717) is 11.7 Å². The van der Waals surface area contributed by atoms with Gasteiger partial charge in [0.2, 0.25) is 17.8 Å². The van der Waals surface area contributed by atoms with Gasteiger partial charge < -0.3 is 0 Å². The minimum absolute atomic E-state index is 0.122. The van der Waals surface area contributed by atoms with Crippen molar-refractivity contribution in [3.8, 4) is 0 Å². The normalized spacial score (nSPS) is 17.2. The summed E-state index contributed by atoms with van der Waals surface area (Å²) in [7, 11) is 0. The Morgan fingerprint density at radius 2 is 2.11 bits per heavy atom. The van der Waals surface area contributed by atoms with Gasteiger partial charge in [0.15, 0.2) is 5.82 Å². The van der Waals surface area contributed by atoms with Crippen molar-refractivity contribution in [2.24, 2.45) is 11.8 Å². The minimum Gasteiger partial charge on any atom is -0.294 e. The molecule has 3 aromatic rings. The van der Waals surface area contributed by atoms with E-state index in [9.17, 15) is 9.59 Å². The summed E-state index contributed by atoms with van der Waals surface area (Å²) in [5.41, 5.74) is 0.853. The number of carbonyl (C=O) groups excluding carboxylic acids is 2. The number of nitrogens with zero attached hydrogens (tertiary/aromatic N) is 4. The van der Waals surface area contributed by atoms with Crippen LogP contribution in [-0.2, 0) is 16.0 Å². The number of nitrogens with one attached hydrogen (secondary N) is 3. The van der Waals surface area contributed by atoms with E-state index in [4.69, 9.17) is 0 Å². The number of aromatic nitrogens is 5. The number of aromatic amines is 2. The summed E-state index contributed by atoms with van der Waals surface area (Å²) in [6.45, 7) is 4.44. The topological polar surface area (TPSA) is 120 Å². The van der Waals surface area contributed by atoms with Crippen molar-refractivity contribution >= 4 is 34.5 Å². The monoisotopic (exact) mass is 367 g/mol. The Kier molecular flexibility index (Phi) is 4.35. The molecule has 0 spiro atoms. The third-order valence-corrected chi connectivity index (χ3v) is 4.57. The summed E-state index contributed by atoms with van der Waals surface area (Å²) in [5, 5.41) is 17.6. The maximum atomic E-state index is 12.6. The van der Waals surface area contributed by atoms with E-state index in [1.807, 2.05) is 24.3 Å². The molecule has 3 heterocycles. The number of hydrogen-bond acceptors (Lipinski definition) is 5. The van der Waals surface area contributed by atoms with Crippen LogP contribution < -0.4 is 10.2 Å². The maximum Gasteiger partial charge on any atom is 0.248 e. The molecule has 1 aromatic carbocycles. The lowest BCUT2D eigenvalue weighted by atomic mass is 10.1. The van der Waals surface area contributed by atoms with Crippen LogP contribution in [0, 0.1) is 11.8 Å².